The lowest BCUT2D eigenvalue weighted by molar-refractivity contribution is -0.386. The lowest BCUT2D eigenvalue weighted by atomic mass is 10.1. The molecule has 2 aromatic carbocycles. The predicted octanol–water partition coefficient (Wildman–Crippen LogP) is 5.06. The Balaban J connectivity index is 2.11. The van der Waals surface area contributed by atoms with Gasteiger partial charge in [0.25, 0.3) is 5.56 Å². The van der Waals surface area contributed by atoms with Crippen molar-refractivity contribution in [1.82, 2.24) is 9.66 Å². The van der Waals surface area contributed by atoms with Crippen LogP contribution in [0.4, 0.5) is 5.69 Å². The van der Waals surface area contributed by atoms with E-state index >= 15 is 0 Å². The molecule has 12 heteroatoms. The van der Waals surface area contributed by atoms with E-state index in [1.807, 2.05) is 13.8 Å². The Kier molecular flexibility index (Phi) is 8.23. The third-order valence-corrected chi connectivity index (χ3v) is 6.05. The van der Waals surface area contributed by atoms with E-state index in [-0.39, 0.29) is 27.8 Å². The highest BCUT2D eigenvalue weighted by Crippen LogP contribution is 2.36. The van der Waals surface area contributed by atoms with Crippen LogP contribution < -0.4 is 10.3 Å². The van der Waals surface area contributed by atoms with Crippen LogP contribution in [0.15, 0.2) is 44.7 Å². The molecular formula is C23H22BrClN4O6. The van der Waals surface area contributed by atoms with E-state index in [9.17, 15) is 19.7 Å². The minimum absolute atomic E-state index is 0.0820. The largest absolute Gasteiger partial charge is 0.471 e. The highest BCUT2D eigenvalue weighted by molar-refractivity contribution is 9.10. The quantitative estimate of drug-likeness (QED) is 0.162. The lowest BCUT2D eigenvalue weighted by Crippen LogP contribution is -2.25. The summed E-state index contributed by atoms with van der Waals surface area (Å²) in [6.07, 6.45) is 0.882. The van der Waals surface area contributed by atoms with Crippen LogP contribution in [-0.2, 0) is 9.53 Å². The third-order valence-electron chi connectivity index (χ3n) is 5.28. The van der Waals surface area contributed by atoms with Crippen LogP contribution in [0.3, 0.4) is 0 Å². The number of methoxy groups -OCH3 is 1. The number of hydrogen-bond acceptors (Lipinski definition) is 8. The van der Waals surface area contributed by atoms with Crippen molar-refractivity contribution in [2.45, 2.75) is 39.2 Å². The summed E-state index contributed by atoms with van der Waals surface area (Å²) in [7, 11) is 1.17. The molecule has 0 saturated heterocycles. The molecule has 0 spiro atoms. The summed E-state index contributed by atoms with van der Waals surface area (Å²) in [5, 5.41) is 16.2. The number of fused-ring (bicyclic) bond motifs is 1. The summed E-state index contributed by atoms with van der Waals surface area (Å²) >= 11 is 9.61. The number of nitro benzene ring substituents is 1. The zero-order chi connectivity index (χ0) is 25.9. The Morgan fingerprint density at radius 2 is 2.06 bits per heavy atom. The molecule has 2 atom stereocenters. The number of ether oxygens (including phenoxy) is 2. The maximum atomic E-state index is 13.2. The molecule has 0 bridgehead atoms. The van der Waals surface area contributed by atoms with Crippen LogP contribution in [0, 0.1) is 10.1 Å². The number of nitrogens with zero attached hydrogens (tertiary/aromatic N) is 4. The molecule has 0 aliphatic heterocycles. The summed E-state index contributed by atoms with van der Waals surface area (Å²) in [5.74, 6) is -0.618. The fourth-order valence-corrected chi connectivity index (χ4v) is 3.85. The monoisotopic (exact) mass is 564 g/mol. The summed E-state index contributed by atoms with van der Waals surface area (Å²) < 4.78 is 11.9. The van der Waals surface area contributed by atoms with Crippen molar-refractivity contribution in [2.75, 3.05) is 7.11 Å². The van der Waals surface area contributed by atoms with E-state index in [4.69, 9.17) is 16.3 Å². The molecule has 0 radical (unpaired) electrons. The normalized spacial score (nSPS) is 13.1. The number of aromatic nitrogens is 2. The van der Waals surface area contributed by atoms with Gasteiger partial charge in [-0.25, -0.2) is 9.78 Å². The maximum absolute atomic E-state index is 13.2. The van der Waals surface area contributed by atoms with Gasteiger partial charge in [-0.2, -0.15) is 9.78 Å². The predicted molar refractivity (Wildman–Crippen MR) is 136 cm³/mol. The molecule has 0 saturated carbocycles. The smallest absolute Gasteiger partial charge is 0.346 e. The van der Waals surface area contributed by atoms with Crippen LogP contribution >= 0.6 is 27.5 Å². The molecule has 0 amide bonds. The van der Waals surface area contributed by atoms with E-state index in [0.29, 0.717) is 23.1 Å². The van der Waals surface area contributed by atoms with Crippen molar-refractivity contribution in [1.29, 1.82) is 0 Å². The van der Waals surface area contributed by atoms with Gasteiger partial charge in [-0.3, -0.25) is 14.9 Å². The number of carbonyl (C=O) groups is 1. The average Bonchev–Trinajstić information content (AvgIpc) is 2.83. The highest BCUT2D eigenvalue weighted by atomic mass is 79.9. The zero-order valence-electron chi connectivity index (χ0n) is 19.3. The molecule has 3 rings (SSSR count). The number of rotatable bonds is 8. The maximum Gasteiger partial charge on any atom is 0.346 e. The van der Waals surface area contributed by atoms with E-state index in [1.54, 1.807) is 18.2 Å². The Morgan fingerprint density at radius 3 is 2.69 bits per heavy atom. The zero-order valence-corrected chi connectivity index (χ0v) is 21.7. The van der Waals surface area contributed by atoms with Crippen molar-refractivity contribution in [3.05, 3.63) is 71.7 Å². The number of carbonyl (C=O) groups excluding carboxylic acids is 1. The van der Waals surface area contributed by atoms with E-state index in [0.717, 1.165) is 4.47 Å². The minimum atomic E-state index is -1.12. The van der Waals surface area contributed by atoms with Gasteiger partial charge in [-0.1, -0.05) is 41.4 Å². The van der Waals surface area contributed by atoms with Crippen molar-refractivity contribution >= 4 is 56.3 Å². The Morgan fingerprint density at radius 1 is 1.34 bits per heavy atom. The van der Waals surface area contributed by atoms with Crippen molar-refractivity contribution in [3.8, 4) is 5.75 Å². The molecule has 184 valence electrons. The number of nitro groups is 1. The third kappa shape index (κ3) is 5.68. The van der Waals surface area contributed by atoms with Gasteiger partial charge in [0.2, 0.25) is 5.75 Å². The van der Waals surface area contributed by atoms with E-state index in [1.165, 1.54) is 37.1 Å². The number of esters is 1. The van der Waals surface area contributed by atoms with Gasteiger partial charge in [0.15, 0.2) is 6.10 Å². The van der Waals surface area contributed by atoms with Gasteiger partial charge in [0.05, 0.1) is 34.2 Å². The van der Waals surface area contributed by atoms with Crippen LogP contribution in [0.2, 0.25) is 5.02 Å². The van der Waals surface area contributed by atoms with Gasteiger partial charge in [0.1, 0.15) is 5.82 Å². The van der Waals surface area contributed by atoms with E-state index < -0.39 is 22.7 Å². The van der Waals surface area contributed by atoms with Crippen LogP contribution in [0.1, 0.15) is 44.5 Å². The second-order valence-corrected chi connectivity index (χ2v) is 9.02. The minimum Gasteiger partial charge on any atom is -0.471 e. The first-order valence-corrected chi connectivity index (χ1v) is 11.7. The summed E-state index contributed by atoms with van der Waals surface area (Å²) in [4.78, 5) is 40.5. The molecule has 0 aliphatic rings. The summed E-state index contributed by atoms with van der Waals surface area (Å²) in [6, 6.07) is 7.78. The van der Waals surface area contributed by atoms with E-state index in [2.05, 4.69) is 30.8 Å². The molecule has 0 aliphatic carbocycles. The number of hydrogen-bond donors (Lipinski definition) is 0. The van der Waals surface area contributed by atoms with Gasteiger partial charge in [-0.05, 0) is 37.6 Å². The number of halogens is 2. The molecule has 1 heterocycles. The summed E-state index contributed by atoms with van der Waals surface area (Å²) in [5.41, 5.74) is -0.0592. The molecule has 35 heavy (non-hydrogen) atoms. The Hall–Kier alpha value is -3.31. The SMILES string of the molecule is CC[C@H](C)c1nc2ccc(Br)cc2c(=O)n1N=Cc1cc(Cl)c(O[C@@H](C)C(=O)OC)c([N+](=O)[O-])c1. The van der Waals surface area contributed by atoms with Crippen molar-refractivity contribution < 1.29 is 19.2 Å². The van der Waals surface area contributed by atoms with Gasteiger partial charge < -0.3 is 9.47 Å². The first-order valence-electron chi connectivity index (χ1n) is 10.6. The van der Waals surface area contributed by atoms with Crippen molar-refractivity contribution in [2.24, 2.45) is 5.10 Å². The van der Waals surface area contributed by atoms with Crippen molar-refractivity contribution in [3.63, 3.8) is 0 Å². The second-order valence-electron chi connectivity index (χ2n) is 7.69. The topological polar surface area (TPSA) is 126 Å². The summed E-state index contributed by atoms with van der Waals surface area (Å²) in [6.45, 7) is 5.28. The molecule has 10 nitrogen and oxygen atoms in total. The molecule has 0 fully saturated rings. The molecular weight excluding hydrogens is 544 g/mol. The first-order chi connectivity index (χ1) is 16.6. The van der Waals surface area contributed by atoms with Crippen LogP contribution in [-0.4, -0.2) is 40.0 Å². The molecule has 1 aromatic heterocycles. The number of benzene rings is 2. The lowest BCUT2D eigenvalue weighted by Gasteiger charge is -2.15. The molecule has 0 unspecified atom stereocenters. The Labute approximate surface area is 213 Å². The van der Waals surface area contributed by atoms with Gasteiger partial charge in [-0.15, -0.1) is 0 Å². The Bertz CT molecular complexity index is 1390. The first kappa shape index (κ1) is 26.3. The fraction of sp³-hybridized carbons (Fsp3) is 0.304. The molecule has 3 aromatic rings. The van der Waals surface area contributed by atoms with Gasteiger partial charge in [0, 0.05) is 22.0 Å². The standard InChI is InChI=1S/C23H22BrClN4O6/c1-5-12(2)21-27-18-7-6-15(24)10-16(18)22(30)28(21)26-11-14-8-17(25)20(19(9-14)29(32)33)35-13(3)23(31)34-4/h6-13H,5H2,1-4H3/t12-,13-/m0/s1. The highest BCUT2D eigenvalue weighted by Gasteiger charge is 2.25. The fourth-order valence-electron chi connectivity index (χ4n) is 3.22. The average molecular weight is 566 g/mol. The van der Waals surface area contributed by atoms with Gasteiger partial charge >= 0.3 is 11.7 Å². The second kappa shape index (κ2) is 11.0. The van der Waals surface area contributed by atoms with Crippen LogP contribution in [0.25, 0.3) is 10.9 Å². The van der Waals surface area contributed by atoms with Crippen LogP contribution in [0.5, 0.6) is 5.75 Å². The molecule has 0 N–H and O–H groups in total.